The van der Waals surface area contributed by atoms with Crippen LogP contribution in [0.3, 0.4) is 0 Å². The van der Waals surface area contributed by atoms with Crippen LogP contribution in [0, 0.1) is 5.41 Å². The number of aliphatic hydroxyl groups excluding tert-OH is 2. The minimum Gasteiger partial charge on any atom is -0.456 e. The molecule has 0 aliphatic heterocycles. The van der Waals surface area contributed by atoms with Crippen LogP contribution in [-0.2, 0) is 37.0 Å². The number of benzene rings is 3. The topological polar surface area (TPSA) is 112 Å². The molecule has 3 aromatic carbocycles. The van der Waals surface area contributed by atoms with Crippen molar-refractivity contribution in [3.63, 3.8) is 0 Å². The van der Waals surface area contributed by atoms with Crippen LogP contribution in [0.5, 0.6) is 0 Å². The van der Waals surface area contributed by atoms with E-state index in [0.29, 0.717) is 0 Å². The lowest BCUT2D eigenvalue weighted by Gasteiger charge is -2.46. The molecule has 40 heavy (non-hydrogen) atoms. The van der Waals surface area contributed by atoms with E-state index in [-0.39, 0.29) is 18.8 Å². The molecule has 4 rings (SSSR count). The molecule has 0 radical (unpaired) electrons. The fourth-order valence-corrected chi connectivity index (χ4v) is 4.41. The molecule has 1 fully saturated rings. The van der Waals surface area contributed by atoms with Crippen molar-refractivity contribution in [3.05, 3.63) is 108 Å². The molecule has 212 valence electrons. The van der Waals surface area contributed by atoms with E-state index >= 15 is 0 Å². The number of ether oxygens (including phenoxy) is 4. The molecule has 0 unspecified atom stereocenters. The number of aliphatic hydroxyl groups is 2. The maximum atomic E-state index is 13.1. The molecule has 8 heteroatoms. The lowest BCUT2D eigenvalue weighted by Crippen LogP contribution is -2.67. The molecule has 3 aromatic rings. The van der Waals surface area contributed by atoms with Crippen LogP contribution in [0.4, 0.5) is 0 Å². The van der Waals surface area contributed by atoms with E-state index in [1.54, 1.807) is 51.1 Å². The molecule has 0 saturated heterocycles. The smallest absolute Gasteiger partial charge is 0.338 e. The number of hydrogen-bond donors (Lipinski definition) is 2. The number of esters is 2. The number of hydrogen-bond acceptors (Lipinski definition) is 8. The predicted octanol–water partition coefficient (Wildman–Crippen LogP) is 4.08. The van der Waals surface area contributed by atoms with Crippen LogP contribution in [0.1, 0.15) is 42.3 Å². The molecule has 0 bridgehead atoms. The summed E-state index contributed by atoms with van der Waals surface area (Å²) in [5.74, 6) is -1.32. The number of rotatable bonds is 9. The summed E-state index contributed by atoms with van der Waals surface area (Å²) in [6, 6.07) is 26.9. The maximum absolute atomic E-state index is 13.1. The minimum atomic E-state index is -1.55. The summed E-state index contributed by atoms with van der Waals surface area (Å²) in [6.07, 6.45) is -8.02. The molecule has 1 aliphatic rings. The molecule has 6 atom stereocenters. The van der Waals surface area contributed by atoms with E-state index in [1.165, 1.54) is 0 Å². The molecule has 0 amide bonds. The van der Waals surface area contributed by atoms with Gasteiger partial charge in [0.1, 0.15) is 24.4 Å². The van der Waals surface area contributed by atoms with Crippen molar-refractivity contribution in [1.29, 1.82) is 0 Å². The highest BCUT2D eigenvalue weighted by Gasteiger charge is 2.55. The van der Waals surface area contributed by atoms with Crippen LogP contribution in [0.2, 0.25) is 0 Å². The summed E-state index contributed by atoms with van der Waals surface area (Å²) in [5, 5.41) is 23.2. The van der Waals surface area contributed by atoms with E-state index in [0.717, 1.165) is 11.1 Å². The van der Waals surface area contributed by atoms with Gasteiger partial charge in [0, 0.05) is 0 Å². The Bertz CT molecular complexity index is 1230. The summed E-state index contributed by atoms with van der Waals surface area (Å²) in [6.45, 7) is 5.20. The zero-order chi connectivity index (χ0) is 28.7. The zero-order valence-electron chi connectivity index (χ0n) is 22.9. The number of carbonyl (C=O) groups excluding carboxylic acids is 2. The van der Waals surface area contributed by atoms with Gasteiger partial charge in [-0.15, -0.1) is 0 Å². The lowest BCUT2D eigenvalue weighted by atomic mass is 9.83. The van der Waals surface area contributed by atoms with Crippen molar-refractivity contribution in [3.8, 4) is 0 Å². The average Bonchev–Trinajstić information content (AvgIpc) is 2.96. The molecule has 0 heterocycles. The summed E-state index contributed by atoms with van der Waals surface area (Å²) in [5.41, 5.74) is 1.01. The monoisotopic (exact) mass is 548 g/mol. The number of carbonyl (C=O) groups is 2. The van der Waals surface area contributed by atoms with Gasteiger partial charge in [-0.2, -0.15) is 0 Å². The first-order chi connectivity index (χ1) is 19.1. The van der Waals surface area contributed by atoms with E-state index < -0.39 is 54.0 Å². The summed E-state index contributed by atoms with van der Waals surface area (Å²) >= 11 is 0. The predicted molar refractivity (Wildman–Crippen MR) is 147 cm³/mol. The molecule has 2 N–H and O–H groups in total. The highest BCUT2D eigenvalue weighted by molar-refractivity contribution is 5.89. The first-order valence-electron chi connectivity index (χ1n) is 13.3. The van der Waals surface area contributed by atoms with Crippen molar-refractivity contribution in [2.24, 2.45) is 5.41 Å². The highest BCUT2D eigenvalue weighted by Crippen LogP contribution is 2.33. The van der Waals surface area contributed by atoms with Crippen LogP contribution in [0.15, 0.2) is 91.0 Å². The molecule has 1 saturated carbocycles. The van der Waals surface area contributed by atoms with Gasteiger partial charge in [0.05, 0.1) is 24.2 Å². The second-order valence-electron chi connectivity index (χ2n) is 10.9. The third-order valence-corrected chi connectivity index (χ3v) is 6.67. The van der Waals surface area contributed by atoms with Gasteiger partial charge < -0.3 is 29.2 Å². The summed E-state index contributed by atoms with van der Waals surface area (Å²) < 4.78 is 23.7. The SMILES string of the molecule is CC(C)(C)C(=O)O[C@H]1[C@@H](O)[C@@H](OC(=O)c2ccccc2)[C@H](OCc2ccccc2)[C@@H](O)[C@@H]1OCc1ccccc1. The van der Waals surface area contributed by atoms with Gasteiger partial charge in [-0.25, -0.2) is 4.79 Å². The Morgan fingerprint density at radius 1 is 0.625 bits per heavy atom. The van der Waals surface area contributed by atoms with Crippen LogP contribution >= 0.6 is 0 Å². The fraction of sp³-hybridized carbons (Fsp3) is 0.375. The van der Waals surface area contributed by atoms with Crippen LogP contribution in [0.25, 0.3) is 0 Å². The summed E-state index contributed by atoms with van der Waals surface area (Å²) in [7, 11) is 0. The first kappa shape index (κ1) is 29.4. The van der Waals surface area contributed by atoms with E-state index in [4.69, 9.17) is 18.9 Å². The highest BCUT2D eigenvalue weighted by atomic mass is 16.6. The molecule has 1 aliphatic carbocycles. The largest absolute Gasteiger partial charge is 0.456 e. The quantitative estimate of drug-likeness (QED) is 0.385. The van der Waals surface area contributed by atoms with Gasteiger partial charge in [0.15, 0.2) is 12.2 Å². The average molecular weight is 549 g/mol. The zero-order valence-corrected chi connectivity index (χ0v) is 22.9. The third kappa shape index (κ3) is 7.34. The first-order valence-corrected chi connectivity index (χ1v) is 13.3. The van der Waals surface area contributed by atoms with Crippen molar-refractivity contribution >= 4 is 11.9 Å². The van der Waals surface area contributed by atoms with E-state index in [2.05, 4.69) is 0 Å². The standard InChI is InChI=1S/C32H36O8/c1-32(2,3)31(36)40-29-25(34)28(39-30(35)23-17-11-6-12-18-23)26(37-19-21-13-7-4-8-14-21)24(33)27(29)38-20-22-15-9-5-10-16-22/h4-18,24-29,33-34H,19-20H2,1-3H3/t24-,25+,26-,27+,28-,29+/m1/s1. The second kappa shape index (κ2) is 13.2. The molecule has 0 spiro atoms. The van der Waals surface area contributed by atoms with Gasteiger partial charge in [0.25, 0.3) is 0 Å². The molecule has 0 aromatic heterocycles. The normalized spacial score (nSPS) is 24.7. The fourth-order valence-electron chi connectivity index (χ4n) is 4.41. The van der Waals surface area contributed by atoms with Crippen LogP contribution < -0.4 is 0 Å². The van der Waals surface area contributed by atoms with Gasteiger partial charge in [0.2, 0.25) is 0 Å². The van der Waals surface area contributed by atoms with Gasteiger partial charge in [-0.05, 0) is 44.0 Å². The lowest BCUT2D eigenvalue weighted by molar-refractivity contribution is -0.258. The Hall–Kier alpha value is -3.56. The summed E-state index contributed by atoms with van der Waals surface area (Å²) in [4.78, 5) is 26.0. The third-order valence-electron chi connectivity index (χ3n) is 6.67. The maximum Gasteiger partial charge on any atom is 0.338 e. The van der Waals surface area contributed by atoms with E-state index in [9.17, 15) is 19.8 Å². The van der Waals surface area contributed by atoms with Crippen molar-refractivity contribution < 1.29 is 38.7 Å². The Labute approximate surface area is 234 Å². The Balaban J connectivity index is 1.65. The van der Waals surface area contributed by atoms with Crippen molar-refractivity contribution in [2.45, 2.75) is 70.6 Å². The second-order valence-corrected chi connectivity index (χ2v) is 10.9. The van der Waals surface area contributed by atoms with Crippen molar-refractivity contribution in [2.75, 3.05) is 0 Å². The Morgan fingerprint density at radius 3 is 1.48 bits per heavy atom. The Kier molecular flexibility index (Phi) is 9.71. The van der Waals surface area contributed by atoms with Gasteiger partial charge in [-0.3, -0.25) is 4.79 Å². The van der Waals surface area contributed by atoms with Gasteiger partial charge >= 0.3 is 11.9 Å². The molecular weight excluding hydrogens is 512 g/mol. The van der Waals surface area contributed by atoms with E-state index in [1.807, 2.05) is 60.7 Å². The minimum absolute atomic E-state index is 0.0759. The van der Waals surface area contributed by atoms with Gasteiger partial charge in [-0.1, -0.05) is 78.9 Å². The molecular formula is C32H36O8. The van der Waals surface area contributed by atoms with Crippen LogP contribution in [-0.4, -0.2) is 58.8 Å². The van der Waals surface area contributed by atoms with Crippen molar-refractivity contribution in [1.82, 2.24) is 0 Å². The molecule has 8 nitrogen and oxygen atoms in total. The Morgan fingerprint density at radius 2 is 1.02 bits per heavy atom.